The van der Waals surface area contributed by atoms with Gasteiger partial charge in [-0.1, -0.05) is 120 Å². The highest BCUT2D eigenvalue weighted by Crippen LogP contribution is 2.50. The summed E-state index contributed by atoms with van der Waals surface area (Å²) in [5, 5.41) is 6.47. The second kappa shape index (κ2) is 18.6. The first-order chi connectivity index (χ1) is 35.9. The van der Waals surface area contributed by atoms with Crippen LogP contribution in [0.15, 0.2) is 218 Å². The van der Waals surface area contributed by atoms with E-state index >= 15 is 0 Å². The molecule has 0 atom stereocenters. The molecule has 0 aromatic heterocycles. The van der Waals surface area contributed by atoms with Crippen molar-refractivity contribution in [1.82, 2.24) is 0 Å². The van der Waals surface area contributed by atoms with Gasteiger partial charge in [-0.05, 0) is 214 Å². The Morgan fingerprint density at radius 1 is 0.257 bits per heavy atom. The summed E-state index contributed by atoms with van der Waals surface area (Å²) in [5.74, 6) is -1.27. The highest BCUT2D eigenvalue weighted by atomic mass is 19.1. The fourth-order valence-electron chi connectivity index (χ4n) is 10.8. The van der Waals surface area contributed by atoms with E-state index in [1.165, 1.54) is 48.5 Å². The number of nitrogens with zero attached hydrogens (tertiary/aromatic N) is 2. The number of aryl methyl sites for hydroxylation is 4. The van der Waals surface area contributed by atoms with E-state index in [1.807, 2.05) is 0 Å². The van der Waals surface area contributed by atoms with Gasteiger partial charge in [-0.3, -0.25) is 0 Å². The summed E-state index contributed by atoms with van der Waals surface area (Å²) in [5.41, 5.74) is 17.1. The lowest BCUT2D eigenvalue weighted by molar-refractivity contribution is 0.627. The van der Waals surface area contributed by atoms with E-state index in [0.717, 1.165) is 133 Å². The number of hydrogen-bond donors (Lipinski definition) is 0. The molecule has 74 heavy (non-hydrogen) atoms. The Balaban J connectivity index is 1.11. The number of anilines is 6. The molecule has 0 fully saturated rings. The van der Waals surface area contributed by atoms with Crippen molar-refractivity contribution in [3.05, 3.63) is 264 Å². The molecule has 0 unspecified atom stereocenters. The number of rotatable bonds is 10. The smallest absolute Gasteiger partial charge is 0.123 e. The summed E-state index contributed by atoms with van der Waals surface area (Å²) in [6.07, 6.45) is 0. The lowest BCUT2D eigenvalue weighted by Crippen LogP contribution is -2.13. The van der Waals surface area contributed by atoms with Crippen molar-refractivity contribution in [2.75, 3.05) is 9.80 Å². The van der Waals surface area contributed by atoms with Crippen molar-refractivity contribution in [2.45, 2.75) is 27.7 Å². The fourth-order valence-corrected chi connectivity index (χ4v) is 10.8. The highest BCUT2D eigenvalue weighted by molar-refractivity contribution is 6.28. The molecule has 0 saturated heterocycles. The molecule has 0 heterocycles. The van der Waals surface area contributed by atoms with E-state index in [0.29, 0.717) is 0 Å². The molecule has 0 bridgehead atoms. The number of benzene rings is 12. The second-order valence-electron chi connectivity index (χ2n) is 19.4. The number of halogens is 4. The van der Waals surface area contributed by atoms with E-state index in [9.17, 15) is 17.6 Å². The van der Waals surface area contributed by atoms with Crippen LogP contribution in [0.2, 0.25) is 0 Å². The van der Waals surface area contributed by atoms with Crippen molar-refractivity contribution in [1.29, 1.82) is 0 Å². The van der Waals surface area contributed by atoms with Gasteiger partial charge < -0.3 is 9.80 Å². The molecule has 0 aliphatic rings. The van der Waals surface area contributed by atoms with Crippen molar-refractivity contribution in [2.24, 2.45) is 0 Å². The van der Waals surface area contributed by atoms with Crippen LogP contribution in [0.25, 0.3) is 76.8 Å². The first-order valence-corrected chi connectivity index (χ1v) is 24.7. The Bertz CT molecular complexity index is 3690. The Morgan fingerprint density at radius 2 is 0.541 bits per heavy atom. The van der Waals surface area contributed by atoms with Crippen molar-refractivity contribution < 1.29 is 17.6 Å². The van der Waals surface area contributed by atoms with Crippen LogP contribution in [-0.4, -0.2) is 0 Å². The molecule has 0 radical (unpaired) electrons. The summed E-state index contributed by atoms with van der Waals surface area (Å²) in [7, 11) is 0. The molecule has 0 N–H and O–H groups in total. The summed E-state index contributed by atoms with van der Waals surface area (Å²) < 4.78 is 57.7. The zero-order chi connectivity index (χ0) is 50.8. The predicted molar refractivity (Wildman–Crippen MR) is 300 cm³/mol. The molecule has 12 aromatic carbocycles. The van der Waals surface area contributed by atoms with Gasteiger partial charge in [0.1, 0.15) is 23.3 Å². The van der Waals surface area contributed by atoms with Crippen LogP contribution in [0.5, 0.6) is 0 Å². The fraction of sp³-hybridized carbons (Fsp3) is 0.0588. The zero-order valence-electron chi connectivity index (χ0n) is 41.2. The van der Waals surface area contributed by atoms with Gasteiger partial charge in [0.05, 0.1) is 11.4 Å². The molecule has 0 saturated carbocycles. The monoisotopic (exact) mass is 968 g/mol. The van der Waals surface area contributed by atoms with Crippen LogP contribution in [0.3, 0.4) is 0 Å². The quantitative estimate of drug-likeness (QED) is 0.0995. The molecule has 0 aliphatic carbocycles. The SMILES string of the molecule is Cc1ccc(N(c2cc(-c3ccc(F)cc3)cc(-c3ccc(F)cc3)c2)c2ccc3ccc4c(N(c5cc(-c6ccc(F)cc6)cc(-c6ccc(F)cc6)c5)c5ccc(C)cc5C)ccc5ccc2c3c54)c(C)c1. The summed E-state index contributed by atoms with van der Waals surface area (Å²) >= 11 is 0. The maximum absolute atomic E-state index is 14.4. The molecule has 0 aliphatic heterocycles. The standard InChI is InChI=1S/C68H48F4N2/c1-41-5-29-63(43(3)33-41)73(59-37-51(45-7-19-55(69)20-8-45)35-52(38-59)46-9-21-56(70)22-10-46)65-31-17-49-16-28-62-66(32-18-50-15-27-61(65)67(49)68(50)62)74(64-30-6-42(2)34-44(64)4)60-39-53(47-11-23-57(71)24-12-47)36-54(40-60)48-13-25-58(72)26-14-48/h5-40H,1-4H3. The molecular formula is C68H48F4N2. The summed E-state index contributed by atoms with van der Waals surface area (Å²) in [6.45, 7) is 8.47. The van der Waals surface area contributed by atoms with Gasteiger partial charge in [0.2, 0.25) is 0 Å². The molecule has 0 spiro atoms. The van der Waals surface area contributed by atoms with E-state index in [1.54, 1.807) is 48.5 Å². The summed E-state index contributed by atoms with van der Waals surface area (Å²) in [6, 6.07) is 69.6. The van der Waals surface area contributed by atoms with Crippen LogP contribution in [0.4, 0.5) is 51.7 Å². The Hall–Kier alpha value is -9.00. The van der Waals surface area contributed by atoms with Gasteiger partial charge in [-0.25, -0.2) is 17.6 Å². The third-order valence-corrected chi connectivity index (χ3v) is 14.3. The van der Waals surface area contributed by atoms with Gasteiger partial charge in [0.15, 0.2) is 0 Å². The molecular weight excluding hydrogens is 921 g/mol. The van der Waals surface area contributed by atoms with Gasteiger partial charge in [0, 0.05) is 33.5 Å². The van der Waals surface area contributed by atoms with Gasteiger partial charge in [-0.15, -0.1) is 0 Å². The average Bonchev–Trinajstić information content (AvgIpc) is 3.43. The van der Waals surface area contributed by atoms with Gasteiger partial charge in [0.25, 0.3) is 0 Å². The third-order valence-electron chi connectivity index (χ3n) is 14.3. The van der Waals surface area contributed by atoms with E-state index in [4.69, 9.17) is 0 Å². The Labute approximate surface area is 428 Å². The molecule has 12 rings (SSSR count). The van der Waals surface area contributed by atoms with Gasteiger partial charge in [-0.2, -0.15) is 0 Å². The molecule has 2 nitrogen and oxygen atoms in total. The average molecular weight is 969 g/mol. The Morgan fingerprint density at radius 3 is 0.838 bits per heavy atom. The van der Waals surface area contributed by atoms with Crippen LogP contribution in [0.1, 0.15) is 22.3 Å². The molecule has 12 aromatic rings. The molecule has 0 amide bonds. The third kappa shape index (κ3) is 8.48. The van der Waals surface area contributed by atoms with Crippen LogP contribution >= 0.6 is 0 Å². The minimum absolute atomic E-state index is 0.317. The number of hydrogen-bond acceptors (Lipinski definition) is 2. The van der Waals surface area contributed by atoms with E-state index in [-0.39, 0.29) is 23.3 Å². The first-order valence-electron chi connectivity index (χ1n) is 24.7. The lowest BCUT2D eigenvalue weighted by atomic mass is 9.91. The van der Waals surface area contributed by atoms with Gasteiger partial charge >= 0.3 is 0 Å². The topological polar surface area (TPSA) is 6.48 Å². The molecule has 358 valence electrons. The Kier molecular flexibility index (Phi) is 11.6. The highest BCUT2D eigenvalue weighted by Gasteiger charge is 2.25. The predicted octanol–water partition coefficient (Wildman–Crippen LogP) is 20.0. The normalized spacial score (nSPS) is 11.5. The van der Waals surface area contributed by atoms with Crippen molar-refractivity contribution in [3.8, 4) is 44.5 Å². The van der Waals surface area contributed by atoms with E-state index in [2.05, 4.69) is 159 Å². The van der Waals surface area contributed by atoms with Crippen LogP contribution in [0, 0.1) is 51.0 Å². The summed E-state index contributed by atoms with van der Waals surface area (Å²) in [4.78, 5) is 4.64. The largest absolute Gasteiger partial charge is 0.310 e. The minimum atomic E-state index is -0.317. The van der Waals surface area contributed by atoms with Crippen molar-refractivity contribution in [3.63, 3.8) is 0 Å². The minimum Gasteiger partial charge on any atom is -0.310 e. The second-order valence-corrected chi connectivity index (χ2v) is 19.4. The van der Waals surface area contributed by atoms with Crippen LogP contribution in [-0.2, 0) is 0 Å². The van der Waals surface area contributed by atoms with Crippen molar-refractivity contribution >= 4 is 66.4 Å². The first kappa shape index (κ1) is 46.1. The zero-order valence-corrected chi connectivity index (χ0v) is 41.2. The maximum atomic E-state index is 14.4. The molecule has 6 heteroatoms. The van der Waals surface area contributed by atoms with E-state index < -0.39 is 0 Å². The lowest BCUT2D eigenvalue weighted by Gasteiger charge is -2.31. The maximum Gasteiger partial charge on any atom is 0.123 e. The van der Waals surface area contributed by atoms with Crippen LogP contribution < -0.4 is 9.80 Å².